The molecule has 0 radical (unpaired) electrons. The number of amides is 2. The van der Waals surface area contributed by atoms with Crippen molar-refractivity contribution in [2.45, 2.75) is 22.8 Å². The Morgan fingerprint density at radius 3 is 2.26 bits per heavy atom. The number of nitrogens with one attached hydrogen (secondary N) is 1. The van der Waals surface area contributed by atoms with Gasteiger partial charge in [-0.2, -0.15) is 0 Å². The lowest BCUT2D eigenvalue weighted by Gasteiger charge is -2.56. The number of nitrogen functional groups attached to an aromatic ring is 1. The van der Waals surface area contributed by atoms with Gasteiger partial charge in [-0.25, -0.2) is 4.98 Å². The molecule has 13 heteroatoms. The molecule has 7 nitrogen and oxygen atoms in total. The van der Waals surface area contributed by atoms with Gasteiger partial charge >= 0.3 is 0 Å². The first-order valence-corrected chi connectivity index (χ1v) is 8.92. The van der Waals surface area contributed by atoms with E-state index in [0.29, 0.717) is 17.0 Å². The highest BCUT2D eigenvalue weighted by atomic mass is 16.2. The van der Waals surface area contributed by atoms with Gasteiger partial charge in [-0.05, 0) is 24.3 Å². The van der Waals surface area contributed by atoms with Gasteiger partial charge in [0.05, 0.1) is 16.3 Å². The number of carbonyl (C=O) groups excluding carboxylic acids is 2. The second-order valence-electron chi connectivity index (χ2n) is 8.65. The molecule has 1 atom stereocenters. The zero-order valence-electron chi connectivity index (χ0n) is 16.9. The molecule has 27 heavy (non-hydrogen) atoms. The van der Waals surface area contributed by atoms with E-state index in [0.717, 1.165) is 5.46 Å². The maximum absolute atomic E-state index is 13.5. The lowest BCUT2D eigenvalue weighted by molar-refractivity contribution is -0.139. The van der Waals surface area contributed by atoms with Crippen molar-refractivity contribution >= 4 is 80.9 Å². The lowest BCUT2D eigenvalue weighted by atomic mass is 9.21. The van der Waals surface area contributed by atoms with E-state index in [1.165, 1.54) is 4.57 Å². The number of fused-ring (bicyclic) bond motifs is 1. The molecular formula is C14H20B6N4O3. The fraction of sp³-hybridized carbons (Fsp3) is 0.286. The van der Waals surface area contributed by atoms with Gasteiger partial charge in [0.1, 0.15) is 52.9 Å². The van der Waals surface area contributed by atoms with Crippen LogP contribution in [0.5, 0.6) is 0 Å². The zero-order valence-corrected chi connectivity index (χ0v) is 16.9. The number of piperidine rings is 1. The van der Waals surface area contributed by atoms with Crippen LogP contribution < -0.4 is 22.1 Å². The van der Waals surface area contributed by atoms with Gasteiger partial charge in [-0.3, -0.25) is 24.3 Å². The van der Waals surface area contributed by atoms with Crippen LogP contribution in [0.15, 0.2) is 16.9 Å². The lowest BCUT2D eigenvalue weighted by Crippen LogP contribution is -2.71. The summed E-state index contributed by atoms with van der Waals surface area (Å²) in [5.74, 6) is -0.480. The monoisotopic (exact) mass is 358 g/mol. The Hall–Kier alpha value is -2.31. The number of benzene rings is 1. The molecule has 1 saturated heterocycles. The highest BCUT2D eigenvalue weighted by Crippen LogP contribution is 2.54. The van der Waals surface area contributed by atoms with Gasteiger partial charge in [-0.15, -0.1) is 0 Å². The minimum absolute atomic E-state index is 0.283. The summed E-state index contributed by atoms with van der Waals surface area (Å²) >= 11 is 0. The maximum Gasteiger partial charge on any atom is 0.263 e. The van der Waals surface area contributed by atoms with Crippen LogP contribution in [-0.2, 0) is 15.0 Å². The summed E-state index contributed by atoms with van der Waals surface area (Å²) in [6.45, 7) is 1.69. The third-order valence-corrected chi connectivity index (χ3v) is 6.78. The number of hydrogen-bond donors (Lipinski definition) is 2. The van der Waals surface area contributed by atoms with Crippen LogP contribution >= 0.6 is 0 Å². The first kappa shape index (κ1) is 19.5. The van der Waals surface area contributed by atoms with Crippen molar-refractivity contribution in [3.05, 3.63) is 28.3 Å². The first-order chi connectivity index (χ1) is 12.3. The van der Waals surface area contributed by atoms with Crippen molar-refractivity contribution in [1.82, 2.24) is 14.9 Å². The molecule has 0 bridgehead atoms. The van der Waals surface area contributed by atoms with Crippen molar-refractivity contribution in [2.75, 3.05) is 5.73 Å². The summed E-state index contributed by atoms with van der Waals surface area (Å²) in [6.07, 6.45) is 0. The Labute approximate surface area is 162 Å². The Morgan fingerprint density at radius 1 is 1.07 bits per heavy atom. The summed E-state index contributed by atoms with van der Waals surface area (Å²) in [5.41, 5.74) is 6.13. The average molecular weight is 357 g/mol. The molecule has 3 rings (SSSR count). The van der Waals surface area contributed by atoms with E-state index in [1.807, 2.05) is 23.5 Å². The number of carbonyl (C=O) groups is 2. The molecule has 1 aromatic carbocycles. The molecule has 0 spiro atoms. The number of imide groups is 1. The molecule has 0 aliphatic carbocycles. The van der Waals surface area contributed by atoms with Crippen molar-refractivity contribution in [2.24, 2.45) is 0 Å². The third-order valence-electron chi connectivity index (χ3n) is 6.78. The minimum atomic E-state index is -1.33. The van der Waals surface area contributed by atoms with Crippen LogP contribution in [0, 0.1) is 6.92 Å². The summed E-state index contributed by atoms with van der Waals surface area (Å²) in [6, 6.07) is 3.51. The molecule has 3 N–H and O–H groups in total. The summed E-state index contributed by atoms with van der Waals surface area (Å²) in [5, 5.41) is 0.961. The molecule has 1 aliphatic rings. The Balaban J connectivity index is 2.45. The Bertz CT molecular complexity index is 1080. The summed E-state index contributed by atoms with van der Waals surface area (Å²) in [7, 11) is 10.8. The Kier molecular flexibility index (Phi) is 4.03. The second kappa shape index (κ2) is 5.59. The molecule has 2 heterocycles. The average Bonchev–Trinajstić information content (AvgIpc) is 2.51. The van der Waals surface area contributed by atoms with E-state index >= 15 is 0 Å². The molecule has 1 aromatic heterocycles. The van der Waals surface area contributed by atoms with Crippen LogP contribution in [-0.4, -0.2) is 68.4 Å². The van der Waals surface area contributed by atoms with Crippen LogP contribution in [0.1, 0.15) is 5.82 Å². The first-order valence-electron chi connectivity index (χ1n) is 8.92. The molecule has 1 aliphatic heterocycles. The molecule has 0 saturated carbocycles. The SMILES string of the molecule is Bc1cc(N)c2c(=O)n(C3(B)C(=O)NC(=O)C(B)(B)C3(B)B)c(C)nc2c1. The van der Waals surface area contributed by atoms with Gasteiger partial charge in [0.25, 0.3) is 5.56 Å². The third kappa shape index (κ3) is 2.29. The predicted octanol–water partition coefficient (Wildman–Crippen LogP) is -6.75. The second-order valence-corrected chi connectivity index (χ2v) is 8.65. The number of rotatable bonds is 1. The van der Waals surface area contributed by atoms with Gasteiger partial charge in [0.15, 0.2) is 0 Å². The Morgan fingerprint density at radius 2 is 1.67 bits per heavy atom. The fourth-order valence-electron chi connectivity index (χ4n) is 4.06. The molecular weight excluding hydrogens is 337 g/mol. The number of hydrogen-bond acceptors (Lipinski definition) is 5. The van der Waals surface area contributed by atoms with Crippen LogP contribution in [0.25, 0.3) is 10.9 Å². The van der Waals surface area contributed by atoms with Crippen LogP contribution in [0.3, 0.4) is 0 Å². The summed E-state index contributed by atoms with van der Waals surface area (Å²) < 4.78 is 1.39. The van der Waals surface area contributed by atoms with Crippen molar-refractivity contribution in [1.29, 1.82) is 0 Å². The summed E-state index contributed by atoms with van der Waals surface area (Å²) in [4.78, 5) is 43.6. The molecule has 132 valence electrons. The highest BCUT2D eigenvalue weighted by molar-refractivity contribution is 6.66. The maximum atomic E-state index is 13.5. The number of anilines is 1. The van der Waals surface area contributed by atoms with E-state index in [1.54, 1.807) is 42.6 Å². The van der Waals surface area contributed by atoms with Crippen molar-refractivity contribution in [3.63, 3.8) is 0 Å². The standard InChI is InChI=1S/C14H20B6N4O3/c1-4-22-7-3-5(15)2-6(21)8(7)9(25)24(4)13(18)11(27)23-10(26)12(16,17)14(13,19)20/h2-3H,15-21H2,1H3,(H,23,26,27). The number of aromatic nitrogens is 2. The van der Waals surface area contributed by atoms with E-state index in [9.17, 15) is 14.4 Å². The molecule has 2 amide bonds. The van der Waals surface area contributed by atoms with Crippen LogP contribution in [0.4, 0.5) is 5.69 Å². The smallest absolute Gasteiger partial charge is 0.263 e. The normalized spacial score (nSPS) is 23.9. The van der Waals surface area contributed by atoms with E-state index in [4.69, 9.17) is 5.73 Å². The van der Waals surface area contributed by atoms with Crippen molar-refractivity contribution in [3.8, 4) is 0 Å². The van der Waals surface area contributed by atoms with Crippen LogP contribution in [0.2, 0.25) is 10.4 Å². The topological polar surface area (TPSA) is 107 Å². The largest absolute Gasteiger partial charge is 0.398 e. The predicted molar refractivity (Wildman–Crippen MR) is 123 cm³/mol. The van der Waals surface area contributed by atoms with Gasteiger partial charge in [0, 0.05) is 5.69 Å². The number of aryl methyl sites for hydroxylation is 1. The van der Waals surface area contributed by atoms with E-state index in [2.05, 4.69) is 10.3 Å². The molecule has 2 aromatic rings. The van der Waals surface area contributed by atoms with Crippen molar-refractivity contribution < 1.29 is 9.59 Å². The van der Waals surface area contributed by atoms with Gasteiger partial charge in [-0.1, -0.05) is 10.7 Å². The van der Waals surface area contributed by atoms with E-state index < -0.39 is 21.8 Å². The minimum Gasteiger partial charge on any atom is -0.398 e. The van der Waals surface area contributed by atoms with E-state index in [-0.39, 0.29) is 16.9 Å². The highest BCUT2D eigenvalue weighted by Gasteiger charge is 2.62. The zero-order chi connectivity index (χ0) is 20.5. The fourth-order valence-corrected chi connectivity index (χ4v) is 4.06. The van der Waals surface area contributed by atoms with Gasteiger partial charge < -0.3 is 5.73 Å². The molecule has 1 unspecified atom stereocenters. The number of nitrogens with zero attached hydrogens (tertiary/aromatic N) is 2. The quantitative estimate of drug-likeness (QED) is 0.300. The number of nitrogens with two attached hydrogens (primary N) is 1. The van der Waals surface area contributed by atoms with Gasteiger partial charge in [0.2, 0.25) is 11.8 Å². The molecule has 1 fully saturated rings.